The molecule has 2 rings (SSSR count). The molecule has 5 unspecified atom stereocenters. The Morgan fingerprint density at radius 3 is 2.45 bits per heavy atom. The molecule has 0 amide bonds. The van der Waals surface area contributed by atoms with Crippen molar-refractivity contribution in [3.8, 4) is 5.75 Å². The van der Waals surface area contributed by atoms with Crippen molar-refractivity contribution in [2.45, 2.75) is 37.4 Å². The molecule has 0 aliphatic carbocycles. The number of para-hydroxylation sites is 1. The van der Waals surface area contributed by atoms with Crippen molar-refractivity contribution >= 4 is 0 Å². The molecule has 1 aromatic carbocycles. The Morgan fingerprint density at radius 2 is 1.80 bits per heavy atom. The van der Waals surface area contributed by atoms with Gasteiger partial charge < -0.3 is 29.9 Å². The zero-order chi connectivity index (χ0) is 14.7. The molecule has 1 aliphatic heterocycles. The van der Waals surface area contributed by atoms with E-state index in [-0.39, 0.29) is 11.3 Å². The Balaban J connectivity index is 2.15. The second-order valence-electron chi connectivity index (χ2n) is 4.56. The summed E-state index contributed by atoms with van der Waals surface area (Å²) in [6.45, 7) is -1.30. The van der Waals surface area contributed by atoms with E-state index in [1.165, 1.54) is 12.1 Å². The van der Waals surface area contributed by atoms with E-state index in [2.05, 4.69) is 0 Å². The molecule has 5 atom stereocenters. The van der Waals surface area contributed by atoms with Crippen LogP contribution in [0.25, 0.3) is 0 Å². The van der Waals surface area contributed by atoms with E-state index < -0.39 is 44.0 Å². The fourth-order valence-corrected chi connectivity index (χ4v) is 2.02. The van der Waals surface area contributed by atoms with E-state index >= 15 is 0 Å². The lowest BCUT2D eigenvalue weighted by molar-refractivity contribution is -0.277. The Kier molecular flexibility index (Phi) is 4.90. The average Bonchev–Trinajstić information content (AvgIpc) is 2.48. The van der Waals surface area contributed by atoms with Gasteiger partial charge in [-0.1, -0.05) is 18.2 Å². The minimum Gasteiger partial charge on any atom is -0.462 e. The summed E-state index contributed by atoms with van der Waals surface area (Å²) in [5, 5.41) is 38.1. The minimum absolute atomic E-state index is 0.166. The quantitative estimate of drug-likeness (QED) is 0.587. The first-order valence-corrected chi connectivity index (χ1v) is 6.19. The van der Waals surface area contributed by atoms with Crippen LogP contribution < -0.4 is 4.74 Å². The van der Waals surface area contributed by atoms with E-state index in [1.807, 2.05) is 0 Å². The molecule has 112 valence electrons. The van der Waals surface area contributed by atoms with Crippen molar-refractivity contribution in [1.29, 1.82) is 0 Å². The number of alkyl halides is 1. The highest BCUT2D eigenvalue weighted by molar-refractivity contribution is 5.32. The standard InChI is InChI=1S/C13H17FO6/c14-5-7-3-1-2-4-8(7)19-13-12(18)11(17)10(16)9(6-15)20-13/h1-4,9-13,15-18H,5-6H2. The number of hydrogen-bond donors (Lipinski definition) is 4. The molecule has 1 fully saturated rings. The van der Waals surface area contributed by atoms with Gasteiger partial charge in [0.2, 0.25) is 6.29 Å². The summed E-state index contributed by atoms with van der Waals surface area (Å²) in [5.41, 5.74) is 0.268. The van der Waals surface area contributed by atoms with E-state index in [9.17, 15) is 19.7 Å². The topological polar surface area (TPSA) is 99.4 Å². The predicted molar refractivity (Wildman–Crippen MR) is 65.6 cm³/mol. The Morgan fingerprint density at radius 1 is 1.10 bits per heavy atom. The second-order valence-corrected chi connectivity index (χ2v) is 4.56. The third-order valence-electron chi connectivity index (χ3n) is 3.21. The van der Waals surface area contributed by atoms with Crippen LogP contribution in [0.2, 0.25) is 0 Å². The zero-order valence-corrected chi connectivity index (χ0v) is 10.6. The summed E-state index contributed by atoms with van der Waals surface area (Å²) < 4.78 is 23.3. The predicted octanol–water partition coefficient (Wildman–Crippen LogP) is -0.665. The van der Waals surface area contributed by atoms with Crippen LogP contribution in [-0.2, 0) is 11.4 Å². The first-order valence-electron chi connectivity index (χ1n) is 6.19. The van der Waals surface area contributed by atoms with Gasteiger partial charge in [-0.2, -0.15) is 0 Å². The molecule has 20 heavy (non-hydrogen) atoms. The highest BCUT2D eigenvalue weighted by Gasteiger charge is 2.44. The fourth-order valence-electron chi connectivity index (χ4n) is 2.02. The minimum atomic E-state index is -1.52. The number of benzene rings is 1. The summed E-state index contributed by atoms with van der Waals surface area (Å²) >= 11 is 0. The molecule has 0 radical (unpaired) electrons. The maximum Gasteiger partial charge on any atom is 0.229 e. The van der Waals surface area contributed by atoms with E-state index in [0.717, 1.165) is 0 Å². The number of aliphatic hydroxyl groups excluding tert-OH is 4. The molecule has 0 saturated carbocycles. The maximum absolute atomic E-state index is 12.8. The number of rotatable bonds is 4. The van der Waals surface area contributed by atoms with E-state index in [0.29, 0.717) is 0 Å². The molecule has 1 aromatic rings. The van der Waals surface area contributed by atoms with Crippen LogP contribution in [-0.4, -0.2) is 57.7 Å². The largest absolute Gasteiger partial charge is 0.462 e. The number of aliphatic hydroxyl groups is 4. The molecule has 1 heterocycles. The van der Waals surface area contributed by atoms with Gasteiger partial charge >= 0.3 is 0 Å². The van der Waals surface area contributed by atoms with Gasteiger partial charge in [0, 0.05) is 5.56 Å². The highest BCUT2D eigenvalue weighted by Crippen LogP contribution is 2.26. The first kappa shape index (κ1) is 15.1. The van der Waals surface area contributed by atoms with Gasteiger partial charge in [-0.25, -0.2) is 4.39 Å². The lowest BCUT2D eigenvalue weighted by Gasteiger charge is -2.39. The van der Waals surface area contributed by atoms with Crippen LogP contribution in [0.15, 0.2) is 24.3 Å². The monoisotopic (exact) mass is 288 g/mol. The third-order valence-corrected chi connectivity index (χ3v) is 3.21. The van der Waals surface area contributed by atoms with Gasteiger partial charge in [-0.15, -0.1) is 0 Å². The Bertz CT molecular complexity index is 441. The van der Waals surface area contributed by atoms with Crippen LogP contribution in [0.5, 0.6) is 5.75 Å². The van der Waals surface area contributed by atoms with Crippen molar-refractivity contribution in [3.63, 3.8) is 0 Å². The van der Waals surface area contributed by atoms with Crippen LogP contribution in [0.1, 0.15) is 5.56 Å². The molecule has 0 aromatic heterocycles. The molecule has 4 N–H and O–H groups in total. The second kappa shape index (κ2) is 6.47. The Hall–Kier alpha value is -1.25. The summed E-state index contributed by atoms with van der Waals surface area (Å²) in [4.78, 5) is 0. The average molecular weight is 288 g/mol. The van der Waals surface area contributed by atoms with Gasteiger partial charge in [-0.3, -0.25) is 0 Å². The van der Waals surface area contributed by atoms with Crippen molar-refractivity contribution in [2.24, 2.45) is 0 Å². The lowest BCUT2D eigenvalue weighted by Crippen LogP contribution is -2.60. The number of halogens is 1. The SMILES string of the molecule is OCC1OC(Oc2ccccc2CF)C(O)C(O)C1O. The Labute approximate surface area is 115 Å². The summed E-state index contributed by atoms with van der Waals surface area (Å²) in [7, 11) is 0. The van der Waals surface area contributed by atoms with Crippen molar-refractivity contribution in [3.05, 3.63) is 29.8 Å². The fraction of sp³-hybridized carbons (Fsp3) is 0.538. The molecule has 1 saturated heterocycles. The normalized spacial score (nSPS) is 34.0. The summed E-state index contributed by atoms with van der Waals surface area (Å²) in [6, 6.07) is 6.27. The summed E-state index contributed by atoms with van der Waals surface area (Å²) in [5.74, 6) is 0.166. The van der Waals surface area contributed by atoms with Crippen LogP contribution in [0.3, 0.4) is 0 Å². The maximum atomic E-state index is 12.8. The van der Waals surface area contributed by atoms with Gasteiger partial charge in [0.1, 0.15) is 36.8 Å². The summed E-state index contributed by atoms with van der Waals surface area (Å²) in [6.07, 6.45) is -6.86. The van der Waals surface area contributed by atoms with Crippen LogP contribution >= 0.6 is 0 Å². The number of hydrogen-bond acceptors (Lipinski definition) is 6. The van der Waals surface area contributed by atoms with Gasteiger partial charge in [0.15, 0.2) is 0 Å². The molecule has 0 bridgehead atoms. The molecular formula is C13H17FO6. The molecular weight excluding hydrogens is 271 g/mol. The third kappa shape index (κ3) is 2.92. The van der Waals surface area contributed by atoms with Crippen LogP contribution in [0.4, 0.5) is 4.39 Å². The first-order chi connectivity index (χ1) is 9.58. The van der Waals surface area contributed by atoms with E-state index in [4.69, 9.17) is 14.6 Å². The highest BCUT2D eigenvalue weighted by atomic mass is 19.1. The smallest absolute Gasteiger partial charge is 0.229 e. The zero-order valence-electron chi connectivity index (χ0n) is 10.6. The van der Waals surface area contributed by atoms with Gasteiger partial charge in [0.25, 0.3) is 0 Å². The van der Waals surface area contributed by atoms with E-state index in [1.54, 1.807) is 12.1 Å². The van der Waals surface area contributed by atoms with Crippen molar-refractivity contribution in [1.82, 2.24) is 0 Å². The number of ether oxygens (including phenoxy) is 2. The lowest BCUT2D eigenvalue weighted by atomic mass is 9.99. The molecule has 7 heteroatoms. The van der Waals surface area contributed by atoms with Crippen molar-refractivity contribution < 1.29 is 34.3 Å². The van der Waals surface area contributed by atoms with Gasteiger partial charge in [0.05, 0.1) is 6.61 Å². The van der Waals surface area contributed by atoms with Crippen LogP contribution in [0, 0.1) is 0 Å². The van der Waals surface area contributed by atoms with Gasteiger partial charge in [-0.05, 0) is 6.07 Å². The molecule has 6 nitrogen and oxygen atoms in total. The molecule has 0 spiro atoms. The molecule has 1 aliphatic rings. The van der Waals surface area contributed by atoms with Crippen molar-refractivity contribution in [2.75, 3.05) is 6.61 Å².